The number of phenolic OH excluding ortho intramolecular Hbond substituents is 1. The Hall–Kier alpha value is -4.04. The summed E-state index contributed by atoms with van der Waals surface area (Å²) in [6.07, 6.45) is 0. The minimum atomic E-state index is -1.18. The SMILES string of the molecule is COc1cc(C2C(C(=O)c3cc4cccc(OC)c4o3)=C(O)C(=O)N2c2nnc(SCc3ccccc3Cl)s2)cc(Br)c1O. The van der Waals surface area contributed by atoms with Gasteiger partial charge < -0.3 is 24.1 Å². The highest BCUT2D eigenvalue weighted by Crippen LogP contribution is 2.47. The smallest absolute Gasteiger partial charge is 0.296 e. The number of furan rings is 1. The molecular formula is C30H21BrClN3O7S2. The maximum absolute atomic E-state index is 14.1. The van der Waals surface area contributed by atoms with E-state index in [2.05, 4.69) is 26.1 Å². The van der Waals surface area contributed by atoms with Gasteiger partial charge in [-0.1, -0.05) is 65.0 Å². The molecule has 0 saturated carbocycles. The van der Waals surface area contributed by atoms with E-state index in [0.717, 1.165) is 16.9 Å². The topological polar surface area (TPSA) is 135 Å². The van der Waals surface area contributed by atoms with Gasteiger partial charge in [-0.15, -0.1) is 10.2 Å². The molecule has 0 bridgehead atoms. The van der Waals surface area contributed by atoms with Crippen molar-refractivity contribution in [1.82, 2.24) is 10.2 Å². The highest BCUT2D eigenvalue weighted by Gasteiger charge is 2.47. The summed E-state index contributed by atoms with van der Waals surface area (Å²) in [4.78, 5) is 28.9. The van der Waals surface area contributed by atoms with E-state index in [0.29, 0.717) is 37.4 Å². The average Bonchev–Trinajstić information content (AvgIpc) is 3.74. The molecule has 3 aromatic carbocycles. The number of carbonyl (C=O) groups excluding carboxylic acids is 2. The van der Waals surface area contributed by atoms with Crippen molar-refractivity contribution in [1.29, 1.82) is 0 Å². The lowest BCUT2D eigenvalue weighted by atomic mass is 9.95. The lowest BCUT2D eigenvalue weighted by molar-refractivity contribution is -0.117. The molecule has 0 aliphatic carbocycles. The predicted octanol–water partition coefficient (Wildman–Crippen LogP) is 7.50. The Bertz CT molecular complexity index is 1980. The lowest BCUT2D eigenvalue weighted by Gasteiger charge is -2.24. The van der Waals surface area contributed by atoms with Gasteiger partial charge in [0.2, 0.25) is 10.9 Å². The van der Waals surface area contributed by atoms with E-state index in [1.165, 1.54) is 49.1 Å². The minimum absolute atomic E-state index is 0.0849. The first kappa shape index (κ1) is 30.0. The van der Waals surface area contributed by atoms with Gasteiger partial charge in [0.05, 0.1) is 30.3 Å². The van der Waals surface area contributed by atoms with Crippen LogP contribution in [-0.4, -0.2) is 46.3 Å². The molecule has 5 aromatic rings. The molecule has 10 nitrogen and oxygen atoms in total. The first-order valence-electron chi connectivity index (χ1n) is 12.9. The molecule has 0 spiro atoms. The highest BCUT2D eigenvalue weighted by molar-refractivity contribution is 9.10. The van der Waals surface area contributed by atoms with Crippen LogP contribution in [0.4, 0.5) is 5.13 Å². The molecule has 1 aliphatic rings. The summed E-state index contributed by atoms with van der Waals surface area (Å²) < 4.78 is 17.4. The van der Waals surface area contributed by atoms with Crippen LogP contribution in [0.5, 0.6) is 17.2 Å². The number of benzene rings is 3. The molecule has 6 rings (SSSR count). The van der Waals surface area contributed by atoms with Gasteiger partial charge in [0.15, 0.2) is 38.7 Å². The number of nitrogens with zero attached hydrogens (tertiary/aromatic N) is 3. The molecule has 2 N–H and O–H groups in total. The number of hydrogen-bond acceptors (Lipinski definition) is 11. The molecule has 224 valence electrons. The number of fused-ring (bicyclic) bond motifs is 1. The molecule has 0 radical (unpaired) electrons. The van der Waals surface area contributed by atoms with E-state index in [1.807, 2.05) is 18.2 Å². The summed E-state index contributed by atoms with van der Waals surface area (Å²) in [5.41, 5.74) is 1.35. The van der Waals surface area contributed by atoms with Crippen molar-refractivity contribution in [2.45, 2.75) is 16.1 Å². The van der Waals surface area contributed by atoms with Crippen LogP contribution in [0.15, 0.2) is 85.2 Å². The van der Waals surface area contributed by atoms with Crippen molar-refractivity contribution in [2.75, 3.05) is 19.1 Å². The van der Waals surface area contributed by atoms with Crippen molar-refractivity contribution in [3.05, 3.63) is 98.4 Å². The minimum Gasteiger partial charge on any atom is -0.503 e. The fourth-order valence-corrected chi connectivity index (χ4v) is 7.43. The Labute approximate surface area is 272 Å². The number of ether oxygens (including phenoxy) is 2. The second kappa shape index (κ2) is 12.2. The molecule has 2 aromatic heterocycles. The van der Waals surface area contributed by atoms with Crippen LogP contribution < -0.4 is 14.4 Å². The van der Waals surface area contributed by atoms with Gasteiger partial charge in [0, 0.05) is 16.2 Å². The standard InChI is InChI=1S/C30H21BrClN3O7S2/c1-40-19-9-5-7-14-11-21(42-27(14)19)25(37)22-23(16-10-17(31)24(36)20(12-16)41-2)35(28(39)26(22)38)29-33-34-30(44-29)43-13-15-6-3-4-8-18(15)32/h3-12,23,36,38H,13H2,1-2H3. The van der Waals surface area contributed by atoms with Crippen LogP contribution >= 0.6 is 50.6 Å². The largest absolute Gasteiger partial charge is 0.503 e. The number of aliphatic hydroxyl groups is 1. The van der Waals surface area contributed by atoms with Crippen LogP contribution in [0, 0.1) is 0 Å². The van der Waals surface area contributed by atoms with Crippen molar-refractivity contribution in [3.8, 4) is 17.2 Å². The fourth-order valence-electron chi connectivity index (χ4n) is 4.81. The summed E-state index contributed by atoms with van der Waals surface area (Å²) in [7, 11) is 2.85. The number of rotatable bonds is 9. The van der Waals surface area contributed by atoms with Crippen LogP contribution in [0.2, 0.25) is 5.02 Å². The number of anilines is 1. The van der Waals surface area contributed by atoms with Crippen LogP contribution in [-0.2, 0) is 10.5 Å². The van der Waals surface area contributed by atoms with Gasteiger partial charge in [0.1, 0.15) is 0 Å². The Morgan fingerprint density at radius 3 is 2.61 bits per heavy atom. The van der Waals surface area contributed by atoms with Crippen molar-refractivity contribution in [2.24, 2.45) is 0 Å². The summed E-state index contributed by atoms with van der Waals surface area (Å²) in [5, 5.41) is 31.5. The number of hydrogen-bond donors (Lipinski definition) is 2. The third kappa shape index (κ3) is 5.30. The number of Topliss-reactive ketones (excluding diaryl/α,β-unsaturated/α-hetero) is 1. The van der Waals surface area contributed by atoms with Crippen molar-refractivity contribution >= 4 is 78.4 Å². The number of aromatic nitrogens is 2. The zero-order chi connectivity index (χ0) is 31.1. The summed E-state index contributed by atoms with van der Waals surface area (Å²) in [5.74, 6) is -1.61. The Morgan fingerprint density at radius 1 is 1.09 bits per heavy atom. The molecule has 0 saturated heterocycles. The predicted molar refractivity (Wildman–Crippen MR) is 170 cm³/mol. The molecule has 1 amide bonds. The van der Waals surface area contributed by atoms with Crippen LogP contribution in [0.1, 0.15) is 27.7 Å². The first-order chi connectivity index (χ1) is 21.2. The maximum Gasteiger partial charge on any atom is 0.296 e. The van der Waals surface area contributed by atoms with E-state index >= 15 is 0 Å². The molecule has 3 heterocycles. The summed E-state index contributed by atoms with van der Waals surface area (Å²) in [6, 6.07) is 16.0. The van der Waals surface area contributed by atoms with E-state index in [4.69, 9.17) is 25.5 Å². The van der Waals surface area contributed by atoms with Gasteiger partial charge in [-0.05, 0) is 57.4 Å². The number of amides is 1. The lowest BCUT2D eigenvalue weighted by Crippen LogP contribution is -2.31. The van der Waals surface area contributed by atoms with E-state index in [9.17, 15) is 19.8 Å². The Kier molecular flexibility index (Phi) is 8.29. The van der Waals surface area contributed by atoms with Crippen molar-refractivity contribution in [3.63, 3.8) is 0 Å². The fraction of sp³-hybridized carbons (Fsp3) is 0.133. The zero-order valence-corrected chi connectivity index (χ0v) is 26.9. The highest BCUT2D eigenvalue weighted by atomic mass is 79.9. The molecule has 1 unspecified atom stereocenters. The number of halogens is 2. The normalized spacial score (nSPS) is 15.0. The number of thioether (sulfide) groups is 1. The molecular weight excluding hydrogens is 694 g/mol. The van der Waals surface area contributed by atoms with Gasteiger partial charge in [-0.2, -0.15) is 0 Å². The molecule has 1 atom stereocenters. The molecule has 1 aliphatic heterocycles. The molecule has 0 fully saturated rings. The van der Waals surface area contributed by atoms with Gasteiger partial charge >= 0.3 is 0 Å². The second-order valence-electron chi connectivity index (χ2n) is 9.44. The number of phenols is 1. The first-order valence-corrected chi connectivity index (χ1v) is 15.8. The third-order valence-electron chi connectivity index (χ3n) is 6.90. The molecule has 44 heavy (non-hydrogen) atoms. The number of methoxy groups -OCH3 is 2. The van der Waals surface area contributed by atoms with E-state index in [-0.39, 0.29) is 32.4 Å². The van der Waals surface area contributed by atoms with E-state index in [1.54, 1.807) is 24.3 Å². The van der Waals surface area contributed by atoms with Gasteiger partial charge in [-0.3, -0.25) is 14.5 Å². The maximum atomic E-state index is 14.1. The Balaban J connectivity index is 1.42. The van der Waals surface area contributed by atoms with Crippen LogP contribution in [0.3, 0.4) is 0 Å². The number of aromatic hydroxyl groups is 1. The average molecular weight is 715 g/mol. The summed E-state index contributed by atoms with van der Waals surface area (Å²) in [6.45, 7) is 0. The third-order valence-corrected chi connectivity index (χ3v) is 9.98. The number of carbonyl (C=O) groups is 2. The van der Waals surface area contributed by atoms with E-state index < -0.39 is 23.5 Å². The monoisotopic (exact) mass is 713 g/mol. The number of para-hydroxylation sites is 1. The second-order valence-corrected chi connectivity index (χ2v) is 12.9. The number of ketones is 1. The summed E-state index contributed by atoms with van der Waals surface area (Å²) >= 11 is 12.1. The van der Waals surface area contributed by atoms with Crippen LogP contribution in [0.25, 0.3) is 11.0 Å². The Morgan fingerprint density at radius 2 is 1.86 bits per heavy atom. The van der Waals surface area contributed by atoms with Crippen molar-refractivity contribution < 1.29 is 33.7 Å². The van der Waals surface area contributed by atoms with Gasteiger partial charge in [0.25, 0.3) is 5.91 Å². The van der Waals surface area contributed by atoms with Gasteiger partial charge in [-0.25, -0.2) is 0 Å². The quantitative estimate of drug-likeness (QED) is 0.0898. The zero-order valence-electron chi connectivity index (χ0n) is 22.9. The molecule has 14 heteroatoms. The number of aliphatic hydroxyl groups excluding tert-OH is 1.